The number of urea groups is 1. The molecule has 0 bridgehead atoms. The van der Waals surface area contributed by atoms with E-state index in [1.807, 2.05) is 29.6 Å². The van der Waals surface area contributed by atoms with Crippen molar-refractivity contribution in [3.05, 3.63) is 64.8 Å². The Morgan fingerprint density at radius 2 is 1.90 bits per heavy atom. The highest BCUT2D eigenvalue weighted by Crippen LogP contribution is 2.43. The smallest absolute Gasteiger partial charge is 0.312 e. The number of fused-ring (bicyclic) bond motifs is 2. The van der Waals surface area contributed by atoms with Crippen molar-refractivity contribution in [2.24, 2.45) is 0 Å². The van der Waals surface area contributed by atoms with Gasteiger partial charge >= 0.3 is 6.03 Å². The van der Waals surface area contributed by atoms with Crippen LogP contribution in [0.25, 0.3) is 11.3 Å². The second-order valence-electron chi connectivity index (χ2n) is 6.70. The van der Waals surface area contributed by atoms with Crippen LogP contribution in [0.1, 0.15) is 11.1 Å². The van der Waals surface area contributed by atoms with Gasteiger partial charge in [0.2, 0.25) is 5.54 Å². The first-order valence-corrected chi connectivity index (χ1v) is 9.44. The number of nitrogens with zero attached hydrogens (tertiary/aromatic N) is 3. The summed E-state index contributed by atoms with van der Waals surface area (Å²) in [7, 11) is 0. The number of aromatic nitrogens is 2. The number of rotatable bonds is 3. The van der Waals surface area contributed by atoms with Crippen LogP contribution in [0.2, 0.25) is 0 Å². The maximum absolute atomic E-state index is 13.9. The number of benzene rings is 2. The number of halogens is 1. The van der Waals surface area contributed by atoms with Crippen molar-refractivity contribution < 1.29 is 18.8 Å². The van der Waals surface area contributed by atoms with E-state index in [0.717, 1.165) is 22.9 Å². The Morgan fingerprint density at radius 3 is 2.55 bits per heavy atom. The topological polar surface area (TPSA) is 104 Å². The molecule has 2 N–H and O–H groups in total. The third kappa shape index (κ3) is 2.53. The molecule has 1 fully saturated rings. The molecule has 2 aliphatic heterocycles. The Hall–Kier alpha value is -3.66. The number of hydrogen-bond acceptors (Lipinski definition) is 6. The van der Waals surface area contributed by atoms with Gasteiger partial charge in [-0.15, -0.1) is 5.10 Å². The molecule has 144 valence electrons. The lowest BCUT2D eigenvalue weighted by Gasteiger charge is -2.21. The van der Waals surface area contributed by atoms with Gasteiger partial charge in [0.1, 0.15) is 11.5 Å². The molecule has 2 aliphatic rings. The fraction of sp³-hybridized carbons (Fsp3) is 0.105. The third-order valence-electron chi connectivity index (χ3n) is 5.04. The lowest BCUT2D eigenvalue weighted by Crippen LogP contribution is -2.52. The SMILES string of the molecule is O=C1NC(=O)C2(N1)C(=O)N(Cc1ccc(-c3csnn3)cc1)c1ccc(F)cc12. The second-order valence-corrected chi connectivity index (χ2v) is 7.31. The van der Waals surface area contributed by atoms with Crippen LogP contribution in [0.3, 0.4) is 0 Å². The van der Waals surface area contributed by atoms with E-state index in [-0.39, 0.29) is 12.1 Å². The quantitative estimate of drug-likeness (QED) is 0.508. The fourth-order valence-electron chi connectivity index (χ4n) is 3.68. The predicted octanol–water partition coefficient (Wildman–Crippen LogP) is 1.93. The summed E-state index contributed by atoms with van der Waals surface area (Å²) in [6.45, 7) is 0.151. The summed E-state index contributed by atoms with van der Waals surface area (Å²) < 4.78 is 17.7. The molecular weight excluding hydrogens is 397 g/mol. The van der Waals surface area contributed by atoms with Crippen molar-refractivity contribution in [2.45, 2.75) is 12.1 Å². The summed E-state index contributed by atoms with van der Waals surface area (Å²) in [5, 5.41) is 10.3. The molecule has 4 amide bonds. The Morgan fingerprint density at radius 1 is 1.10 bits per heavy atom. The monoisotopic (exact) mass is 409 g/mol. The highest BCUT2D eigenvalue weighted by molar-refractivity contribution is 7.03. The molecule has 5 rings (SSSR count). The fourth-order valence-corrected chi connectivity index (χ4v) is 4.14. The van der Waals surface area contributed by atoms with Gasteiger partial charge in [0.25, 0.3) is 11.8 Å². The first kappa shape index (κ1) is 17.4. The summed E-state index contributed by atoms with van der Waals surface area (Å²) in [5.74, 6) is -2.05. The Kier molecular flexibility index (Phi) is 3.71. The van der Waals surface area contributed by atoms with Gasteiger partial charge < -0.3 is 10.2 Å². The Bertz CT molecular complexity index is 1170. The number of amides is 4. The molecule has 29 heavy (non-hydrogen) atoms. The van der Waals surface area contributed by atoms with E-state index in [2.05, 4.69) is 20.2 Å². The van der Waals surface area contributed by atoms with E-state index >= 15 is 0 Å². The first-order valence-electron chi connectivity index (χ1n) is 8.61. The molecule has 1 atom stereocenters. The van der Waals surface area contributed by atoms with Gasteiger partial charge in [-0.25, -0.2) is 9.18 Å². The van der Waals surface area contributed by atoms with Crippen LogP contribution in [-0.2, 0) is 21.7 Å². The first-order chi connectivity index (χ1) is 14.0. The number of imide groups is 1. The Labute approximate surface area is 167 Å². The van der Waals surface area contributed by atoms with E-state index in [0.29, 0.717) is 5.69 Å². The molecule has 1 saturated heterocycles. The van der Waals surface area contributed by atoms with E-state index in [4.69, 9.17) is 0 Å². The average Bonchev–Trinajstić information content (AvgIpc) is 3.39. The zero-order chi connectivity index (χ0) is 20.2. The lowest BCUT2D eigenvalue weighted by atomic mass is 9.91. The molecule has 3 heterocycles. The average molecular weight is 409 g/mol. The van der Waals surface area contributed by atoms with Crippen molar-refractivity contribution in [2.75, 3.05) is 4.90 Å². The van der Waals surface area contributed by atoms with Crippen molar-refractivity contribution in [1.29, 1.82) is 0 Å². The van der Waals surface area contributed by atoms with Gasteiger partial charge in [-0.3, -0.25) is 14.9 Å². The van der Waals surface area contributed by atoms with Crippen LogP contribution in [0.4, 0.5) is 14.9 Å². The zero-order valence-corrected chi connectivity index (χ0v) is 15.5. The number of carbonyl (C=O) groups is 3. The summed E-state index contributed by atoms with van der Waals surface area (Å²) >= 11 is 1.25. The van der Waals surface area contributed by atoms with E-state index in [1.165, 1.54) is 28.6 Å². The van der Waals surface area contributed by atoms with Crippen LogP contribution < -0.4 is 15.5 Å². The van der Waals surface area contributed by atoms with Crippen LogP contribution in [0.15, 0.2) is 47.8 Å². The second kappa shape index (κ2) is 6.17. The van der Waals surface area contributed by atoms with Crippen LogP contribution in [-0.4, -0.2) is 27.4 Å². The van der Waals surface area contributed by atoms with Crippen molar-refractivity contribution in [3.8, 4) is 11.3 Å². The minimum Gasteiger partial charge on any atom is -0.312 e. The van der Waals surface area contributed by atoms with E-state index in [1.54, 1.807) is 0 Å². The maximum atomic E-state index is 13.9. The normalized spacial score (nSPS) is 20.2. The zero-order valence-electron chi connectivity index (χ0n) is 14.7. The van der Waals surface area contributed by atoms with Gasteiger partial charge in [-0.1, -0.05) is 28.8 Å². The lowest BCUT2D eigenvalue weighted by molar-refractivity contribution is -0.134. The summed E-state index contributed by atoms with van der Waals surface area (Å²) in [6, 6.07) is 10.4. The third-order valence-corrected chi connectivity index (χ3v) is 5.54. The Balaban J connectivity index is 1.52. The molecule has 8 nitrogen and oxygen atoms in total. The molecule has 1 aromatic heterocycles. The molecule has 0 radical (unpaired) electrons. The van der Waals surface area contributed by atoms with Crippen molar-refractivity contribution >= 4 is 35.1 Å². The van der Waals surface area contributed by atoms with E-state index in [9.17, 15) is 18.8 Å². The van der Waals surface area contributed by atoms with Gasteiger partial charge in [0, 0.05) is 16.5 Å². The van der Waals surface area contributed by atoms with Crippen LogP contribution in [0.5, 0.6) is 0 Å². The highest BCUT2D eigenvalue weighted by Gasteiger charge is 2.61. The van der Waals surface area contributed by atoms with E-state index < -0.39 is 29.2 Å². The molecule has 1 spiro atoms. The van der Waals surface area contributed by atoms with Crippen LogP contribution in [0, 0.1) is 5.82 Å². The number of nitrogens with one attached hydrogen (secondary N) is 2. The summed E-state index contributed by atoms with van der Waals surface area (Å²) in [6.07, 6.45) is 0. The molecule has 1 unspecified atom stereocenters. The van der Waals surface area contributed by atoms with Gasteiger partial charge in [-0.2, -0.15) is 0 Å². The molecular formula is C19H12FN5O3S. The summed E-state index contributed by atoms with van der Waals surface area (Å²) in [4.78, 5) is 38.8. The molecule has 2 aromatic carbocycles. The van der Waals surface area contributed by atoms with Crippen molar-refractivity contribution in [3.63, 3.8) is 0 Å². The minimum absolute atomic E-state index is 0.121. The maximum Gasteiger partial charge on any atom is 0.323 e. The summed E-state index contributed by atoms with van der Waals surface area (Å²) in [5.41, 5.74) is 0.987. The van der Waals surface area contributed by atoms with Gasteiger partial charge in [-0.05, 0) is 35.3 Å². The molecule has 10 heteroatoms. The van der Waals surface area contributed by atoms with Gasteiger partial charge in [0.15, 0.2) is 0 Å². The highest BCUT2D eigenvalue weighted by atomic mass is 32.1. The van der Waals surface area contributed by atoms with Crippen molar-refractivity contribution in [1.82, 2.24) is 20.2 Å². The largest absolute Gasteiger partial charge is 0.323 e. The predicted molar refractivity (Wildman–Crippen MR) is 101 cm³/mol. The molecule has 0 saturated carbocycles. The standard InChI is InChI=1S/C19H12FN5O3S/c20-12-5-6-15-13(7-12)19(16(26)21-18(28)22-19)17(27)25(15)8-10-1-3-11(4-2-10)14-9-29-24-23-14/h1-7,9H,8H2,(H2,21,22,26,28). The van der Waals surface area contributed by atoms with Gasteiger partial charge in [0.05, 0.1) is 12.2 Å². The number of hydrogen-bond donors (Lipinski definition) is 2. The molecule has 0 aliphatic carbocycles. The number of anilines is 1. The minimum atomic E-state index is -1.94. The van der Waals surface area contributed by atoms with Crippen LogP contribution >= 0.6 is 11.5 Å². The number of carbonyl (C=O) groups excluding carboxylic acids is 3. The molecule has 3 aromatic rings.